The summed E-state index contributed by atoms with van der Waals surface area (Å²) in [5.74, 6) is 0.214. The second-order valence-electron chi connectivity index (χ2n) is 6.62. The van der Waals surface area contributed by atoms with Crippen LogP contribution in [0.25, 0.3) is 5.65 Å². The number of hydrogen-bond donors (Lipinski definition) is 1. The number of anilines is 1. The van der Waals surface area contributed by atoms with Crippen molar-refractivity contribution >= 4 is 23.1 Å². The van der Waals surface area contributed by atoms with Crippen LogP contribution in [0.3, 0.4) is 0 Å². The Labute approximate surface area is 167 Å². The second kappa shape index (κ2) is 8.27. The monoisotopic (exact) mass is 395 g/mol. The molecule has 9 nitrogen and oxygen atoms in total. The van der Waals surface area contributed by atoms with E-state index in [4.69, 9.17) is 9.47 Å². The summed E-state index contributed by atoms with van der Waals surface area (Å²) < 4.78 is 12.4. The number of nitrogens with zero attached hydrogens (tertiary/aromatic N) is 4. The molecule has 2 aromatic heterocycles. The first-order valence-electron chi connectivity index (χ1n) is 9.31. The zero-order chi connectivity index (χ0) is 20.2. The zero-order valence-corrected chi connectivity index (χ0v) is 16.0. The lowest BCUT2D eigenvalue weighted by atomic mass is 10.2. The topological polar surface area (TPSA) is 98.1 Å². The molecule has 29 heavy (non-hydrogen) atoms. The Morgan fingerprint density at radius 1 is 1.17 bits per heavy atom. The van der Waals surface area contributed by atoms with E-state index in [1.807, 2.05) is 6.92 Å². The van der Waals surface area contributed by atoms with Crippen LogP contribution in [0.2, 0.25) is 0 Å². The fourth-order valence-electron chi connectivity index (χ4n) is 3.10. The molecule has 4 rings (SSSR count). The molecule has 1 N–H and O–H groups in total. The van der Waals surface area contributed by atoms with E-state index < -0.39 is 0 Å². The van der Waals surface area contributed by atoms with E-state index in [-0.39, 0.29) is 18.4 Å². The summed E-state index contributed by atoms with van der Waals surface area (Å²) in [5, 5.41) is 7.00. The van der Waals surface area contributed by atoms with Gasteiger partial charge >= 0.3 is 0 Å². The molecule has 0 spiro atoms. The number of fused-ring (bicyclic) bond motifs is 1. The fourth-order valence-corrected chi connectivity index (χ4v) is 3.10. The predicted molar refractivity (Wildman–Crippen MR) is 105 cm³/mol. The minimum atomic E-state index is -0.274. The van der Waals surface area contributed by atoms with Crippen LogP contribution in [0.4, 0.5) is 5.69 Å². The second-order valence-corrected chi connectivity index (χ2v) is 6.62. The number of amides is 2. The maximum Gasteiger partial charge on any atom is 0.260 e. The molecule has 1 fully saturated rings. The van der Waals surface area contributed by atoms with Crippen molar-refractivity contribution in [3.05, 3.63) is 54.0 Å². The SMILES string of the molecule is Cc1c(C(=O)Nc2ccc(OCC(=O)N3CCOCC3)cc2)cnc2ccnn12. The fraction of sp³-hybridized carbons (Fsp3) is 0.300. The normalized spacial score (nSPS) is 14.0. The number of carbonyl (C=O) groups is 2. The van der Waals surface area contributed by atoms with Gasteiger partial charge in [0, 0.05) is 31.0 Å². The molecule has 1 aliphatic heterocycles. The summed E-state index contributed by atoms with van der Waals surface area (Å²) >= 11 is 0. The number of carbonyl (C=O) groups excluding carboxylic acids is 2. The lowest BCUT2D eigenvalue weighted by Crippen LogP contribution is -2.42. The Morgan fingerprint density at radius 3 is 2.69 bits per heavy atom. The Kier molecular flexibility index (Phi) is 5.39. The summed E-state index contributed by atoms with van der Waals surface area (Å²) in [4.78, 5) is 30.7. The van der Waals surface area contributed by atoms with E-state index in [1.54, 1.807) is 45.9 Å². The van der Waals surface area contributed by atoms with Crippen molar-refractivity contribution in [1.29, 1.82) is 0 Å². The highest BCUT2D eigenvalue weighted by atomic mass is 16.5. The van der Waals surface area contributed by atoms with Crippen molar-refractivity contribution in [3.8, 4) is 5.75 Å². The molecule has 0 radical (unpaired) electrons. The average molecular weight is 395 g/mol. The number of hydrogen-bond acceptors (Lipinski definition) is 6. The van der Waals surface area contributed by atoms with Crippen molar-refractivity contribution in [2.24, 2.45) is 0 Å². The maximum atomic E-state index is 12.6. The number of morpholine rings is 1. The van der Waals surface area contributed by atoms with E-state index in [0.717, 1.165) is 0 Å². The van der Waals surface area contributed by atoms with Crippen LogP contribution >= 0.6 is 0 Å². The Balaban J connectivity index is 1.35. The summed E-state index contributed by atoms with van der Waals surface area (Å²) in [5.41, 5.74) is 2.45. The van der Waals surface area contributed by atoms with Gasteiger partial charge in [-0.15, -0.1) is 0 Å². The molecule has 1 aliphatic rings. The van der Waals surface area contributed by atoms with Crippen molar-refractivity contribution in [2.75, 3.05) is 38.2 Å². The highest BCUT2D eigenvalue weighted by Gasteiger charge is 2.17. The van der Waals surface area contributed by atoms with Gasteiger partial charge in [0.2, 0.25) is 0 Å². The van der Waals surface area contributed by atoms with E-state index in [0.29, 0.717) is 54.6 Å². The van der Waals surface area contributed by atoms with Gasteiger partial charge in [-0.05, 0) is 31.2 Å². The van der Waals surface area contributed by atoms with Crippen molar-refractivity contribution in [3.63, 3.8) is 0 Å². The minimum Gasteiger partial charge on any atom is -0.484 e. The Hall–Kier alpha value is -3.46. The Bertz CT molecular complexity index is 1030. The quantitative estimate of drug-likeness (QED) is 0.704. The van der Waals surface area contributed by atoms with Crippen molar-refractivity contribution < 1.29 is 19.1 Å². The molecule has 1 saturated heterocycles. The third-order valence-corrected chi connectivity index (χ3v) is 4.74. The standard InChI is InChI=1S/C20H21N5O4/c1-14-17(12-21-18-6-7-22-25(14)18)20(27)23-15-2-4-16(5-3-15)29-13-19(26)24-8-10-28-11-9-24/h2-7,12H,8-11,13H2,1H3,(H,23,27). The van der Waals surface area contributed by atoms with Crippen LogP contribution in [0.5, 0.6) is 5.75 Å². The molecule has 2 amide bonds. The van der Waals surface area contributed by atoms with Gasteiger partial charge in [0.25, 0.3) is 11.8 Å². The predicted octanol–water partition coefficient (Wildman–Crippen LogP) is 1.53. The molecule has 150 valence electrons. The number of aryl methyl sites for hydroxylation is 1. The molecule has 0 saturated carbocycles. The van der Waals surface area contributed by atoms with E-state index in [9.17, 15) is 9.59 Å². The maximum absolute atomic E-state index is 12.6. The van der Waals surface area contributed by atoms with Gasteiger partial charge in [-0.2, -0.15) is 5.10 Å². The van der Waals surface area contributed by atoms with Gasteiger partial charge in [0.15, 0.2) is 12.3 Å². The molecular formula is C20H21N5O4. The molecule has 9 heteroatoms. The summed E-state index contributed by atoms with van der Waals surface area (Å²) in [6.45, 7) is 4.09. The first-order valence-corrected chi connectivity index (χ1v) is 9.31. The van der Waals surface area contributed by atoms with Crippen LogP contribution in [0.1, 0.15) is 16.1 Å². The van der Waals surface area contributed by atoms with Gasteiger partial charge < -0.3 is 19.7 Å². The van der Waals surface area contributed by atoms with Gasteiger partial charge in [-0.3, -0.25) is 9.59 Å². The largest absolute Gasteiger partial charge is 0.484 e. The van der Waals surface area contributed by atoms with Gasteiger partial charge in [0.1, 0.15) is 5.75 Å². The third-order valence-electron chi connectivity index (χ3n) is 4.74. The molecule has 3 heterocycles. The first-order chi connectivity index (χ1) is 14.1. The van der Waals surface area contributed by atoms with Crippen molar-refractivity contribution in [2.45, 2.75) is 6.92 Å². The summed E-state index contributed by atoms with van der Waals surface area (Å²) in [6, 6.07) is 8.65. The highest BCUT2D eigenvalue weighted by molar-refractivity contribution is 6.04. The average Bonchev–Trinajstić information content (AvgIpc) is 3.23. The molecule has 0 bridgehead atoms. The number of aromatic nitrogens is 3. The third kappa shape index (κ3) is 4.19. The molecule has 0 unspecified atom stereocenters. The summed E-state index contributed by atoms with van der Waals surface area (Å²) in [7, 11) is 0. The van der Waals surface area contributed by atoms with Crippen molar-refractivity contribution in [1.82, 2.24) is 19.5 Å². The molecule has 3 aromatic rings. The number of rotatable bonds is 5. The van der Waals surface area contributed by atoms with Crippen LogP contribution < -0.4 is 10.1 Å². The van der Waals surface area contributed by atoms with Crippen LogP contribution in [-0.4, -0.2) is 64.2 Å². The van der Waals surface area contributed by atoms with Gasteiger partial charge in [0.05, 0.1) is 30.7 Å². The van der Waals surface area contributed by atoms with E-state index in [2.05, 4.69) is 15.4 Å². The number of benzene rings is 1. The lowest BCUT2D eigenvalue weighted by Gasteiger charge is -2.26. The zero-order valence-electron chi connectivity index (χ0n) is 16.0. The molecule has 0 atom stereocenters. The molecule has 0 aliphatic carbocycles. The summed E-state index contributed by atoms with van der Waals surface area (Å²) in [6.07, 6.45) is 3.18. The molecular weight excluding hydrogens is 374 g/mol. The lowest BCUT2D eigenvalue weighted by molar-refractivity contribution is -0.137. The highest BCUT2D eigenvalue weighted by Crippen LogP contribution is 2.18. The van der Waals surface area contributed by atoms with E-state index >= 15 is 0 Å². The van der Waals surface area contributed by atoms with Crippen LogP contribution in [-0.2, 0) is 9.53 Å². The Morgan fingerprint density at radius 2 is 1.93 bits per heavy atom. The number of ether oxygens (including phenoxy) is 2. The smallest absolute Gasteiger partial charge is 0.260 e. The van der Waals surface area contributed by atoms with E-state index in [1.165, 1.54) is 6.20 Å². The minimum absolute atomic E-state index is 0.0273. The van der Waals surface area contributed by atoms with Gasteiger partial charge in [-0.25, -0.2) is 9.50 Å². The molecule has 1 aromatic carbocycles. The van der Waals surface area contributed by atoms with Crippen LogP contribution in [0.15, 0.2) is 42.7 Å². The van der Waals surface area contributed by atoms with Crippen LogP contribution in [0, 0.1) is 6.92 Å². The first kappa shape index (κ1) is 18.9. The number of nitrogens with one attached hydrogen (secondary N) is 1. The van der Waals surface area contributed by atoms with Gasteiger partial charge in [-0.1, -0.05) is 0 Å².